The van der Waals surface area contributed by atoms with Crippen molar-refractivity contribution in [2.75, 3.05) is 25.1 Å². The summed E-state index contributed by atoms with van der Waals surface area (Å²) in [6.45, 7) is 2.79. The molecule has 1 aromatic heterocycles. The molecule has 2 aliphatic heterocycles. The standard InChI is InChI=1S/C18H20N4O4/c1-3-13-11-6-7-25-14-8-10(4-5-12(14)16(11)21-20-13)22-9-15(17(23)19-2)26-18(22)24/h4-5,8,15H,3,6-7,9H2,1-2H3,(H,19,23)(H,20,21)/t15-/m1/s1. The highest BCUT2D eigenvalue weighted by Crippen LogP contribution is 2.38. The molecule has 1 saturated heterocycles. The molecule has 0 bridgehead atoms. The van der Waals surface area contributed by atoms with Crippen LogP contribution in [0.25, 0.3) is 11.3 Å². The molecular formula is C18H20N4O4. The van der Waals surface area contributed by atoms with Crippen LogP contribution in [-0.4, -0.2) is 48.5 Å². The van der Waals surface area contributed by atoms with Gasteiger partial charge in [0.15, 0.2) is 6.10 Å². The third kappa shape index (κ3) is 2.58. The first-order valence-corrected chi connectivity index (χ1v) is 8.65. The summed E-state index contributed by atoms with van der Waals surface area (Å²) in [5.74, 6) is 0.366. The third-order valence-corrected chi connectivity index (χ3v) is 4.79. The zero-order valence-corrected chi connectivity index (χ0v) is 14.7. The fourth-order valence-corrected chi connectivity index (χ4v) is 3.43. The van der Waals surface area contributed by atoms with Crippen LogP contribution in [-0.2, 0) is 22.4 Å². The van der Waals surface area contributed by atoms with Crippen LogP contribution in [0, 0.1) is 0 Å². The molecule has 136 valence electrons. The zero-order chi connectivity index (χ0) is 18.3. The van der Waals surface area contributed by atoms with E-state index in [1.165, 1.54) is 17.5 Å². The van der Waals surface area contributed by atoms with Crippen molar-refractivity contribution in [3.8, 4) is 17.0 Å². The molecule has 0 unspecified atom stereocenters. The van der Waals surface area contributed by atoms with Crippen LogP contribution in [0.3, 0.4) is 0 Å². The number of carbonyl (C=O) groups excluding carboxylic acids is 2. The second-order valence-corrected chi connectivity index (χ2v) is 6.25. The quantitative estimate of drug-likeness (QED) is 0.872. The molecule has 0 radical (unpaired) electrons. The van der Waals surface area contributed by atoms with Gasteiger partial charge < -0.3 is 14.8 Å². The summed E-state index contributed by atoms with van der Waals surface area (Å²) < 4.78 is 11.1. The van der Waals surface area contributed by atoms with Gasteiger partial charge in [0.2, 0.25) is 0 Å². The number of ether oxygens (including phenoxy) is 2. The van der Waals surface area contributed by atoms with E-state index >= 15 is 0 Å². The molecule has 2 amide bonds. The number of likely N-dealkylation sites (N-methyl/N-ethyl adjacent to an activating group) is 1. The fraction of sp³-hybridized carbons (Fsp3) is 0.389. The topological polar surface area (TPSA) is 96.6 Å². The van der Waals surface area contributed by atoms with E-state index in [0.717, 1.165) is 29.8 Å². The molecule has 3 heterocycles. The maximum atomic E-state index is 12.1. The normalized spacial score (nSPS) is 18.5. The summed E-state index contributed by atoms with van der Waals surface area (Å²) >= 11 is 0. The SMILES string of the molecule is CCc1n[nH]c2c1CCOc1cc(N3C[C@H](C(=O)NC)OC3=O)ccc1-2. The number of cyclic esters (lactones) is 1. The first kappa shape index (κ1) is 16.4. The predicted octanol–water partition coefficient (Wildman–Crippen LogP) is 1.65. The number of hydrogen-bond acceptors (Lipinski definition) is 5. The van der Waals surface area contributed by atoms with Crippen LogP contribution in [0.1, 0.15) is 18.2 Å². The maximum absolute atomic E-state index is 12.1. The summed E-state index contributed by atoms with van der Waals surface area (Å²) in [4.78, 5) is 25.3. The molecule has 1 atom stereocenters. The van der Waals surface area contributed by atoms with Crippen molar-refractivity contribution in [2.45, 2.75) is 25.9 Å². The first-order valence-electron chi connectivity index (χ1n) is 8.65. The molecule has 0 saturated carbocycles. The molecule has 8 heteroatoms. The van der Waals surface area contributed by atoms with Gasteiger partial charge in [-0.1, -0.05) is 6.92 Å². The molecule has 2 aromatic rings. The van der Waals surface area contributed by atoms with Gasteiger partial charge >= 0.3 is 6.09 Å². The van der Waals surface area contributed by atoms with E-state index in [9.17, 15) is 9.59 Å². The number of aromatic nitrogens is 2. The van der Waals surface area contributed by atoms with Crippen molar-refractivity contribution in [3.63, 3.8) is 0 Å². The van der Waals surface area contributed by atoms with Gasteiger partial charge in [-0.15, -0.1) is 0 Å². The predicted molar refractivity (Wildman–Crippen MR) is 94.3 cm³/mol. The largest absolute Gasteiger partial charge is 0.492 e. The summed E-state index contributed by atoms with van der Waals surface area (Å²) in [5, 5.41) is 10.0. The molecule has 4 rings (SSSR count). The van der Waals surface area contributed by atoms with Gasteiger partial charge in [-0.2, -0.15) is 5.10 Å². The van der Waals surface area contributed by atoms with Crippen LogP contribution in [0.2, 0.25) is 0 Å². The molecule has 0 spiro atoms. The number of amides is 2. The van der Waals surface area contributed by atoms with Crippen molar-refractivity contribution in [1.82, 2.24) is 15.5 Å². The highest BCUT2D eigenvalue weighted by atomic mass is 16.6. The number of anilines is 1. The molecule has 1 fully saturated rings. The molecule has 1 aromatic carbocycles. The lowest BCUT2D eigenvalue weighted by atomic mass is 10.0. The van der Waals surface area contributed by atoms with E-state index in [-0.39, 0.29) is 12.5 Å². The number of nitrogens with one attached hydrogen (secondary N) is 2. The van der Waals surface area contributed by atoms with E-state index < -0.39 is 12.2 Å². The number of carbonyl (C=O) groups is 2. The average Bonchev–Trinajstić information content (AvgIpc) is 3.19. The Morgan fingerprint density at radius 1 is 1.46 bits per heavy atom. The van der Waals surface area contributed by atoms with E-state index in [0.29, 0.717) is 18.0 Å². The number of nitrogens with zero attached hydrogens (tertiary/aromatic N) is 2. The van der Waals surface area contributed by atoms with Gasteiger partial charge in [-0.3, -0.25) is 14.8 Å². The highest BCUT2D eigenvalue weighted by molar-refractivity contribution is 5.96. The lowest BCUT2D eigenvalue weighted by Crippen LogP contribution is -2.35. The minimum absolute atomic E-state index is 0.173. The van der Waals surface area contributed by atoms with E-state index in [2.05, 4.69) is 22.4 Å². The number of H-pyrrole nitrogens is 1. The van der Waals surface area contributed by atoms with Gasteiger partial charge in [-0.25, -0.2) is 4.79 Å². The van der Waals surface area contributed by atoms with Crippen molar-refractivity contribution >= 4 is 17.7 Å². The Kier molecular flexibility index (Phi) is 4.02. The lowest BCUT2D eigenvalue weighted by molar-refractivity contribution is -0.127. The number of aromatic amines is 1. The minimum Gasteiger partial charge on any atom is -0.492 e. The van der Waals surface area contributed by atoms with Gasteiger partial charge in [0.05, 0.1) is 30.2 Å². The van der Waals surface area contributed by atoms with Gasteiger partial charge in [0.1, 0.15) is 5.75 Å². The maximum Gasteiger partial charge on any atom is 0.415 e. The Bertz CT molecular complexity index is 876. The number of hydrogen-bond donors (Lipinski definition) is 2. The number of aryl methyl sites for hydroxylation is 1. The van der Waals surface area contributed by atoms with Crippen molar-refractivity contribution in [1.29, 1.82) is 0 Å². The zero-order valence-electron chi connectivity index (χ0n) is 14.7. The average molecular weight is 356 g/mol. The first-order chi connectivity index (χ1) is 12.6. The molecule has 0 aliphatic carbocycles. The Morgan fingerprint density at radius 2 is 2.31 bits per heavy atom. The Hall–Kier alpha value is -3.03. The summed E-state index contributed by atoms with van der Waals surface area (Å²) in [7, 11) is 1.52. The van der Waals surface area contributed by atoms with Crippen LogP contribution in [0.4, 0.5) is 10.5 Å². The molecule has 26 heavy (non-hydrogen) atoms. The number of fused-ring (bicyclic) bond motifs is 3. The molecule has 2 N–H and O–H groups in total. The highest BCUT2D eigenvalue weighted by Gasteiger charge is 2.37. The number of rotatable bonds is 3. The van der Waals surface area contributed by atoms with Gasteiger partial charge in [0.25, 0.3) is 5.91 Å². The monoisotopic (exact) mass is 356 g/mol. The van der Waals surface area contributed by atoms with Crippen LogP contribution in [0.5, 0.6) is 5.75 Å². The van der Waals surface area contributed by atoms with Crippen molar-refractivity contribution in [2.24, 2.45) is 0 Å². The van der Waals surface area contributed by atoms with Crippen LogP contribution in [0.15, 0.2) is 18.2 Å². The van der Waals surface area contributed by atoms with Crippen molar-refractivity contribution < 1.29 is 19.1 Å². The van der Waals surface area contributed by atoms with Crippen LogP contribution >= 0.6 is 0 Å². The number of benzene rings is 1. The lowest BCUT2D eigenvalue weighted by Gasteiger charge is -2.15. The fourth-order valence-electron chi connectivity index (χ4n) is 3.43. The van der Waals surface area contributed by atoms with Gasteiger partial charge in [-0.05, 0) is 18.6 Å². The summed E-state index contributed by atoms with van der Waals surface area (Å²) in [5.41, 5.74) is 4.76. The molecule has 8 nitrogen and oxygen atoms in total. The molecular weight excluding hydrogens is 336 g/mol. The third-order valence-electron chi connectivity index (χ3n) is 4.79. The Balaban J connectivity index is 1.67. The van der Waals surface area contributed by atoms with Crippen LogP contribution < -0.4 is 15.0 Å². The van der Waals surface area contributed by atoms with E-state index in [4.69, 9.17) is 9.47 Å². The smallest absolute Gasteiger partial charge is 0.415 e. The molecule has 2 aliphatic rings. The second-order valence-electron chi connectivity index (χ2n) is 6.25. The van der Waals surface area contributed by atoms with Gasteiger partial charge in [0, 0.05) is 30.7 Å². The second kappa shape index (κ2) is 6.36. The Labute approximate surface area is 150 Å². The van der Waals surface area contributed by atoms with E-state index in [1.807, 2.05) is 18.2 Å². The summed E-state index contributed by atoms with van der Waals surface area (Å²) in [6, 6.07) is 5.55. The van der Waals surface area contributed by atoms with Crippen molar-refractivity contribution in [3.05, 3.63) is 29.5 Å². The van der Waals surface area contributed by atoms with E-state index in [1.54, 1.807) is 0 Å². The summed E-state index contributed by atoms with van der Waals surface area (Å²) in [6.07, 6.45) is 0.296. The Morgan fingerprint density at radius 3 is 3.08 bits per heavy atom. The minimum atomic E-state index is -0.807.